The van der Waals surface area contributed by atoms with Crippen molar-refractivity contribution < 1.29 is 71.2 Å². The zero-order valence-corrected chi connectivity index (χ0v) is 10.7. The molecule has 1 aromatic rings. The van der Waals surface area contributed by atoms with Crippen LogP contribution in [0.3, 0.4) is 0 Å². The smallest absolute Gasteiger partial charge is 0.781 e. The molecule has 0 aliphatic heterocycles. The molecule has 0 amide bonds. The first-order valence-corrected chi connectivity index (χ1v) is 3.75. The average Bonchev–Trinajstić information content (AvgIpc) is 1.90. The normalized spacial score (nSPS) is 9.17. The summed E-state index contributed by atoms with van der Waals surface area (Å²) in [4.78, 5) is 19.5. The molecule has 0 fully saturated rings. The van der Waals surface area contributed by atoms with Crippen molar-refractivity contribution in [2.75, 3.05) is 0 Å². The van der Waals surface area contributed by atoms with Crippen molar-refractivity contribution in [2.45, 2.75) is 0 Å². The van der Waals surface area contributed by atoms with Crippen molar-refractivity contribution in [1.82, 2.24) is 4.98 Å². The zero-order valence-electron chi connectivity index (χ0n) is 6.60. The molecule has 7 heteroatoms. The summed E-state index contributed by atoms with van der Waals surface area (Å²) in [6.07, 6.45) is 3.50. The van der Waals surface area contributed by atoms with Crippen LogP contribution in [0.25, 0.3) is 0 Å². The third-order valence-electron chi connectivity index (χ3n) is 0.566. The van der Waals surface area contributed by atoms with E-state index in [2.05, 4.69) is 4.98 Å². The van der Waals surface area contributed by atoms with E-state index in [1.54, 1.807) is 12.4 Å². The van der Waals surface area contributed by atoms with Gasteiger partial charge in [0, 0.05) is 12.4 Å². The van der Waals surface area contributed by atoms with Crippen molar-refractivity contribution in [3.05, 3.63) is 30.6 Å². The number of nitrogens with zero attached hydrogens (tertiary/aromatic N) is 1. The third kappa shape index (κ3) is 22.4. The van der Waals surface area contributed by atoms with Gasteiger partial charge in [-0.15, -0.1) is 0 Å². The van der Waals surface area contributed by atoms with Gasteiger partial charge in [0.15, 0.2) is 0 Å². The molecule has 1 atom stereocenters. The van der Waals surface area contributed by atoms with Crippen LogP contribution in [0.4, 0.5) is 0 Å². The molecule has 64 valence electrons. The number of hydrogen-bond acceptors (Lipinski definition) is 3. The summed E-state index contributed by atoms with van der Waals surface area (Å²) in [5, 5.41) is 0. The monoisotopic (exact) mass is 217 g/mol. The first-order valence-electron chi connectivity index (χ1n) is 2.48. The van der Waals surface area contributed by atoms with Gasteiger partial charge in [0.05, 0.1) is 0 Å². The van der Waals surface area contributed by atoms with Crippen LogP contribution in [0.2, 0.25) is 0 Å². The number of pyridine rings is 1. The van der Waals surface area contributed by atoms with Gasteiger partial charge in [-0.1, -0.05) is 6.07 Å². The maximum Gasteiger partial charge on any atom is 1.00 e. The minimum Gasteiger partial charge on any atom is -0.781 e. The Morgan fingerprint density at radius 3 is 1.67 bits per heavy atom. The summed E-state index contributed by atoms with van der Waals surface area (Å²) in [6, 6.07) is 5.72. The molecule has 1 rings (SSSR count). The van der Waals surface area contributed by atoms with Crippen LogP contribution in [-0.4, -0.2) is 15.4 Å². The summed E-state index contributed by atoms with van der Waals surface area (Å²) in [5.41, 5.74) is 0. The minimum absolute atomic E-state index is 0. The van der Waals surface area contributed by atoms with Gasteiger partial charge < -0.3 is 19.8 Å². The summed E-state index contributed by atoms with van der Waals surface area (Å²) >= 11 is 0. The van der Waals surface area contributed by atoms with Crippen LogP contribution in [0.15, 0.2) is 30.6 Å². The third-order valence-corrected chi connectivity index (χ3v) is 0.566. The van der Waals surface area contributed by atoms with Gasteiger partial charge in [-0.05, 0) is 12.1 Å². The molecular formula is C5H9KNO4P. The van der Waals surface area contributed by atoms with E-state index in [0.29, 0.717) is 0 Å². The molecule has 0 aromatic carbocycles. The van der Waals surface area contributed by atoms with Gasteiger partial charge in [0.25, 0.3) is 0 Å². The summed E-state index contributed by atoms with van der Waals surface area (Å²) in [5.74, 6) is 0. The van der Waals surface area contributed by atoms with Crippen molar-refractivity contribution in [1.29, 1.82) is 0 Å². The van der Waals surface area contributed by atoms with E-state index in [9.17, 15) is 0 Å². The van der Waals surface area contributed by atoms with Crippen LogP contribution >= 0.6 is 8.25 Å². The van der Waals surface area contributed by atoms with E-state index in [-0.39, 0.29) is 56.9 Å². The first kappa shape index (κ1) is 18.6. The molecule has 1 heterocycles. The van der Waals surface area contributed by atoms with E-state index < -0.39 is 8.25 Å². The van der Waals surface area contributed by atoms with Gasteiger partial charge in [-0.2, -0.15) is 0 Å². The van der Waals surface area contributed by atoms with E-state index in [1.807, 2.05) is 18.2 Å². The molecule has 1 aromatic heterocycles. The largest absolute Gasteiger partial charge is 1.00 e. The number of rotatable bonds is 0. The van der Waals surface area contributed by atoms with Crippen LogP contribution < -0.4 is 56.3 Å². The summed E-state index contributed by atoms with van der Waals surface area (Å²) in [6.45, 7) is 0. The van der Waals surface area contributed by atoms with Crippen molar-refractivity contribution >= 4 is 8.25 Å². The fourth-order valence-corrected chi connectivity index (χ4v) is 0.313. The molecule has 0 saturated heterocycles. The SMILES string of the molecule is O.O=[PH]([O-])O.[K+].c1ccncc1. The predicted octanol–water partition coefficient (Wildman–Crippen LogP) is -4.01. The Labute approximate surface area is 114 Å². The molecule has 1 unspecified atom stereocenters. The van der Waals surface area contributed by atoms with E-state index >= 15 is 0 Å². The fourth-order valence-electron chi connectivity index (χ4n) is 0.313. The molecule has 0 radical (unpaired) electrons. The Balaban J connectivity index is -0.000000124. The first-order chi connectivity index (χ1) is 4.73. The van der Waals surface area contributed by atoms with Crippen LogP contribution in [0, 0.1) is 0 Å². The quantitative estimate of drug-likeness (QED) is 0.353. The second kappa shape index (κ2) is 14.4. The molecule has 0 aliphatic carbocycles. The van der Waals surface area contributed by atoms with Crippen molar-refractivity contribution in [3.8, 4) is 0 Å². The Kier molecular flexibility index (Phi) is 22.4. The number of hydrogen-bond donors (Lipinski definition) is 1. The summed E-state index contributed by atoms with van der Waals surface area (Å²) in [7, 11) is -3.38. The van der Waals surface area contributed by atoms with Gasteiger partial charge >= 0.3 is 51.4 Å². The van der Waals surface area contributed by atoms with Gasteiger partial charge in [0.2, 0.25) is 0 Å². The van der Waals surface area contributed by atoms with Crippen molar-refractivity contribution in [3.63, 3.8) is 0 Å². The maximum atomic E-state index is 8.63. The molecular weight excluding hydrogens is 208 g/mol. The fraction of sp³-hybridized carbons (Fsp3) is 0. The standard InChI is InChI=1S/C5H5N.K.H3O3P.H2O/c1-2-4-6-5-3-1;;1-4(2)3;/h1-5H;;4H,(H2,1,2,3);1H2/q;+1;;/p-1. The van der Waals surface area contributed by atoms with Gasteiger partial charge in [-0.25, -0.2) is 0 Å². The molecule has 3 N–H and O–H groups in total. The Bertz CT molecular complexity index is 155. The second-order valence-corrected chi connectivity index (χ2v) is 1.82. The zero-order chi connectivity index (χ0) is 7.82. The molecule has 0 spiro atoms. The van der Waals surface area contributed by atoms with Crippen molar-refractivity contribution in [2.24, 2.45) is 0 Å². The van der Waals surface area contributed by atoms with Crippen LogP contribution in [0.1, 0.15) is 0 Å². The molecule has 0 aliphatic rings. The van der Waals surface area contributed by atoms with Gasteiger partial charge in [0.1, 0.15) is 8.25 Å². The average molecular weight is 217 g/mol. The Morgan fingerprint density at radius 1 is 1.25 bits per heavy atom. The Hall–Kier alpha value is 0.896. The predicted molar refractivity (Wildman–Crippen MR) is 39.1 cm³/mol. The summed E-state index contributed by atoms with van der Waals surface area (Å²) < 4.78 is 8.63. The number of aromatic nitrogens is 1. The topological polar surface area (TPSA) is 105 Å². The van der Waals surface area contributed by atoms with E-state index in [0.717, 1.165) is 0 Å². The van der Waals surface area contributed by atoms with Gasteiger partial charge in [-0.3, -0.25) is 4.98 Å². The minimum atomic E-state index is -3.38. The second-order valence-electron chi connectivity index (χ2n) is 1.29. The van der Waals surface area contributed by atoms with E-state index in [1.165, 1.54) is 0 Å². The Morgan fingerprint density at radius 2 is 1.58 bits per heavy atom. The maximum absolute atomic E-state index is 8.63. The van der Waals surface area contributed by atoms with Crippen LogP contribution in [-0.2, 0) is 4.57 Å². The van der Waals surface area contributed by atoms with E-state index in [4.69, 9.17) is 14.4 Å². The molecule has 0 saturated carbocycles. The van der Waals surface area contributed by atoms with Crippen LogP contribution in [0.5, 0.6) is 0 Å². The molecule has 12 heavy (non-hydrogen) atoms. The molecule has 0 bridgehead atoms. The molecule has 5 nitrogen and oxygen atoms in total.